The highest BCUT2D eigenvalue weighted by Crippen LogP contribution is 2.16. The summed E-state index contributed by atoms with van der Waals surface area (Å²) in [5, 5.41) is 4.64. The van der Waals surface area contributed by atoms with Crippen LogP contribution in [0.3, 0.4) is 0 Å². The first kappa shape index (κ1) is 22.3. The Bertz CT molecular complexity index is 689. The summed E-state index contributed by atoms with van der Waals surface area (Å²) in [5.74, 6) is -2.98. The molecule has 7 nitrogen and oxygen atoms in total. The third kappa shape index (κ3) is 8.98. The maximum Gasteiger partial charge on any atom is 0.407 e. The largest absolute Gasteiger partial charge is 0.453 e. The van der Waals surface area contributed by atoms with Crippen LogP contribution in [0.15, 0.2) is 18.2 Å². The first-order valence-corrected chi connectivity index (χ1v) is 8.40. The van der Waals surface area contributed by atoms with E-state index in [1.165, 1.54) is 6.92 Å². The number of ether oxygens (including phenoxy) is 2. The number of rotatable bonds is 7. The minimum atomic E-state index is -1.20. The topological polar surface area (TPSA) is 93.7 Å². The first-order valence-electron chi connectivity index (χ1n) is 8.40. The quantitative estimate of drug-likeness (QED) is 0.555. The van der Waals surface area contributed by atoms with E-state index in [4.69, 9.17) is 9.47 Å². The summed E-state index contributed by atoms with van der Waals surface area (Å²) < 4.78 is 36.6. The number of carbonyl (C=O) groups excluding carboxylic acids is 3. The fourth-order valence-electron chi connectivity index (χ4n) is 1.87. The van der Waals surface area contributed by atoms with Gasteiger partial charge < -0.3 is 20.1 Å². The number of anilines is 1. The second kappa shape index (κ2) is 9.84. The molecule has 0 radical (unpaired) electrons. The number of hydrogen-bond donors (Lipinski definition) is 2. The van der Waals surface area contributed by atoms with Crippen LogP contribution < -0.4 is 10.6 Å². The van der Waals surface area contributed by atoms with E-state index in [9.17, 15) is 23.2 Å². The van der Waals surface area contributed by atoms with Gasteiger partial charge in [-0.1, -0.05) is 0 Å². The predicted molar refractivity (Wildman–Crippen MR) is 94.0 cm³/mol. The molecule has 0 saturated carbocycles. The standard InChI is InChI=1S/C18H24F2N2O5/c1-11(16(24)22-14-10-12(19)7-8-13(14)20)26-15(23)6-5-9-21-17(25)27-18(2,3)4/h7-8,10-11H,5-6,9H2,1-4H3,(H,21,25)(H,22,24)/t11-/m0/s1. The average Bonchev–Trinajstić information content (AvgIpc) is 2.53. The summed E-state index contributed by atoms with van der Waals surface area (Å²) in [4.78, 5) is 35.1. The van der Waals surface area contributed by atoms with Crippen LogP contribution in [0.2, 0.25) is 0 Å². The molecule has 27 heavy (non-hydrogen) atoms. The highest BCUT2D eigenvalue weighted by molar-refractivity contribution is 5.95. The smallest absolute Gasteiger partial charge is 0.407 e. The zero-order valence-electron chi connectivity index (χ0n) is 15.7. The van der Waals surface area contributed by atoms with Gasteiger partial charge in [-0.3, -0.25) is 9.59 Å². The maximum absolute atomic E-state index is 13.5. The first-order chi connectivity index (χ1) is 12.5. The Labute approximate surface area is 156 Å². The molecular formula is C18H24F2N2O5. The molecule has 1 atom stereocenters. The van der Waals surface area contributed by atoms with Gasteiger partial charge >= 0.3 is 12.1 Å². The number of esters is 1. The van der Waals surface area contributed by atoms with E-state index < -0.39 is 41.3 Å². The molecule has 0 saturated heterocycles. The van der Waals surface area contributed by atoms with Crippen LogP contribution in [0.4, 0.5) is 19.3 Å². The van der Waals surface area contributed by atoms with Gasteiger partial charge in [0, 0.05) is 19.0 Å². The van der Waals surface area contributed by atoms with E-state index in [0.29, 0.717) is 0 Å². The summed E-state index contributed by atoms with van der Waals surface area (Å²) in [6, 6.07) is 2.61. The van der Waals surface area contributed by atoms with E-state index in [2.05, 4.69) is 10.6 Å². The number of amides is 2. The minimum absolute atomic E-state index is 0.0399. The highest BCUT2D eigenvalue weighted by Gasteiger charge is 2.20. The van der Waals surface area contributed by atoms with Crippen LogP contribution in [0, 0.1) is 11.6 Å². The van der Waals surface area contributed by atoms with E-state index >= 15 is 0 Å². The lowest BCUT2D eigenvalue weighted by atomic mass is 10.2. The van der Waals surface area contributed by atoms with E-state index in [-0.39, 0.29) is 25.1 Å². The summed E-state index contributed by atoms with van der Waals surface area (Å²) in [6.07, 6.45) is -1.55. The minimum Gasteiger partial charge on any atom is -0.453 e. The molecule has 0 aliphatic carbocycles. The Morgan fingerprint density at radius 2 is 1.85 bits per heavy atom. The van der Waals surface area contributed by atoms with Gasteiger partial charge in [0.15, 0.2) is 6.10 Å². The van der Waals surface area contributed by atoms with Gasteiger partial charge in [0.1, 0.15) is 17.2 Å². The molecular weight excluding hydrogens is 362 g/mol. The normalized spacial score (nSPS) is 12.1. The number of benzene rings is 1. The highest BCUT2D eigenvalue weighted by atomic mass is 19.1. The zero-order valence-corrected chi connectivity index (χ0v) is 15.7. The maximum atomic E-state index is 13.5. The molecule has 0 unspecified atom stereocenters. The van der Waals surface area contributed by atoms with Crippen molar-refractivity contribution in [3.8, 4) is 0 Å². The lowest BCUT2D eigenvalue weighted by Gasteiger charge is -2.19. The second-order valence-electron chi connectivity index (χ2n) is 6.78. The summed E-state index contributed by atoms with van der Waals surface area (Å²) in [7, 11) is 0. The lowest BCUT2D eigenvalue weighted by Crippen LogP contribution is -2.33. The molecule has 1 aromatic rings. The molecule has 2 N–H and O–H groups in total. The van der Waals surface area contributed by atoms with Crippen LogP contribution in [0.5, 0.6) is 0 Å². The fourth-order valence-corrected chi connectivity index (χ4v) is 1.87. The number of alkyl carbamates (subject to hydrolysis) is 1. The van der Waals surface area contributed by atoms with Gasteiger partial charge in [-0.15, -0.1) is 0 Å². The van der Waals surface area contributed by atoms with Gasteiger partial charge in [0.05, 0.1) is 5.69 Å². The Kier molecular flexibility index (Phi) is 8.14. The van der Waals surface area contributed by atoms with Crippen molar-refractivity contribution >= 4 is 23.7 Å². The van der Waals surface area contributed by atoms with Crippen molar-refractivity contribution in [2.45, 2.75) is 52.2 Å². The van der Waals surface area contributed by atoms with Crippen LogP contribution in [0.25, 0.3) is 0 Å². The van der Waals surface area contributed by atoms with Crippen molar-refractivity contribution < 1.29 is 32.6 Å². The van der Waals surface area contributed by atoms with Crippen molar-refractivity contribution in [2.24, 2.45) is 0 Å². The summed E-state index contributed by atoms with van der Waals surface area (Å²) in [6.45, 7) is 6.69. The average molecular weight is 386 g/mol. The molecule has 9 heteroatoms. The molecule has 2 amide bonds. The molecule has 150 valence electrons. The molecule has 0 aliphatic heterocycles. The second-order valence-corrected chi connectivity index (χ2v) is 6.78. The molecule has 1 rings (SSSR count). The van der Waals surface area contributed by atoms with Crippen molar-refractivity contribution in [1.29, 1.82) is 0 Å². The third-order valence-electron chi connectivity index (χ3n) is 3.09. The Hall–Kier alpha value is -2.71. The van der Waals surface area contributed by atoms with Crippen LogP contribution in [-0.4, -0.2) is 36.2 Å². The monoisotopic (exact) mass is 386 g/mol. The zero-order chi connectivity index (χ0) is 20.6. The SMILES string of the molecule is C[C@H](OC(=O)CCCNC(=O)OC(C)(C)C)C(=O)Nc1cc(F)ccc1F. The van der Waals surface area contributed by atoms with Crippen LogP contribution >= 0.6 is 0 Å². The summed E-state index contributed by atoms with van der Waals surface area (Å²) >= 11 is 0. The number of carbonyl (C=O) groups is 3. The summed E-state index contributed by atoms with van der Waals surface area (Å²) in [5.41, 5.74) is -0.961. The fraction of sp³-hybridized carbons (Fsp3) is 0.500. The Balaban J connectivity index is 2.34. The van der Waals surface area contributed by atoms with Crippen molar-refractivity contribution in [3.05, 3.63) is 29.8 Å². The van der Waals surface area contributed by atoms with Gasteiger partial charge in [-0.05, 0) is 46.2 Å². The van der Waals surface area contributed by atoms with Gasteiger partial charge in [-0.2, -0.15) is 0 Å². The number of nitrogens with one attached hydrogen (secondary N) is 2. The lowest BCUT2D eigenvalue weighted by molar-refractivity contribution is -0.153. The van der Waals surface area contributed by atoms with Gasteiger partial charge in [0.25, 0.3) is 5.91 Å². The molecule has 0 bridgehead atoms. The molecule has 1 aromatic carbocycles. The predicted octanol–water partition coefficient (Wildman–Crippen LogP) is 3.14. The van der Waals surface area contributed by atoms with E-state index in [1.807, 2.05) is 0 Å². The van der Waals surface area contributed by atoms with Crippen molar-refractivity contribution in [1.82, 2.24) is 5.32 Å². The molecule has 0 aliphatic rings. The van der Waals surface area contributed by atoms with Crippen molar-refractivity contribution in [2.75, 3.05) is 11.9 Å². The van der Waals surface area contributed by atoms with Crippen LogP contribution in [-0.2, 0) is 19.1 Å². The molecule has 0 spiro atoms. The van der Waals surface area contributed by atoms with Gasteiger partial charge in [0.2, 0.25) is 0 Å². The molecule has 0 heterocycles. The third-order valence-corrected chi connectivity index (χ3v) is 3.09. The molecule has 0 fully saturated rings. The molecule has 0 aromatic heterocycles. The number of hydrogen-bond acceptors (Lipinski definition) is 5. The van der Waals surface area contributed by atoms with Crippen LogP contribution in [0.1, 0.15) is 40.5 Å². The van der Waals surface area contributed by atoms with E-state index in [1.54, 1.807) is 20.8 Å². The van der Waals surface area contributed by atoms with Crippen molar-refractivity contribution in [3.63, 3.8) is 0 Å². The number of halogens is 2. The van der Waals surface area contributed by atoms with E-state index in [0.717, 1.165) is 18.2 Å². The Morgan fingerprint density at radius 3 is 2.48 bits per heavy atom. The van der Waals surface area contributed by atoms with Gasteiger partial charge in [-0.25, -0.2) is 13.6 Å². The Morgan fingerprint density at radius 1 is 1.19 bits per heavy atom.